The molecule has 11 nitrogen and oxygen atoms in total. The van der Waals surface area contributed by atoms with Crippen molar-refractivity contribution in [1.29, 1.82) is 0 Å². The number of imidazole rings is 1. The molecule has 3 heterocycles. The van der Waals surface area contributed by atoms with Gasteiger partial charge < -0.3 is 19.3 Å². The summed E-state index contributed by atoms with van der Waals surface area (Å²) in [5, 5.41) is 11.9. The molecule has 0 aliphatic carbocycles. The zero-order valence-electron chi connectivity index (χ0n) is 20.0. The lowest BCUT2D eigenvalue weighted by molar-refractivity contribution is 0.0388. The van der Waals surface area contributed by atoms with Gasteiger partial charge in [0.05, 0.1) is 23.2 Å². The van der Waals surface area contributed by atoms with Gasteiger partial charge in [-0.2, -0.15) is 0 Å². The maximum atomic E-state index is 12.3. The van der Waals surface area contributed by atoms with E-state index in [1.54, 1.807) is 30.3 Å². The second-order valence-corrected chi connectivity index (χ2v) is 8.56. The highest BCUT2D eigenvalue weighted by Crippen LogP contribution is 2.27. The minimum absolute atomic E-state index is 0.219. The summed E-state index contributed by atoms with van der Waals surface area (Å²) in [6.07, 6.45) is 1.78. The summed E-state index contributed by atoms with van der Waals surface area (Å²) in [7, 11) is 3.43. The van der Waals surface area contributed by atoms with Crippen LogP contribution < -0.4 is 9.80 Å². The molecule has 182 valence electrons. The first kappa shape index (κ1) is 22.8. The number of methoxy groups -OCH3 is 1. The Bertz CT molecular complexity index is 1330. The number of piperazine rings is 1. The van der Waals surface area contributed by atoms with Gasteiger partial charge in [-0.3, -0.25) is 4.57 Å². The summed E-state index contributed by atoms with van der Waals surface area (Å²) < 4.78 is 13.9. The quantitative estimate of drug-likeness (QED) is 0.293. The zero-order valence-corrected chi connectivity index (χ0v) is 20.0. The molecule has 4 aromatic rings. The van der Waals surface area contributed by atoms with Crippen molar-refractivity contribution in [1.82, 2.24) is 29.8 Å². The van der Waals surface area contributed by atoms with Crippen molar-refractivity contribution in [2.24, 2.45) is 7.05 Å². The van der Waals surface area contributed by atoms with Crippen LogP contribution in [0.4, 0.5) is 11.6 Å². The van der Waals surface area contributed by atoms with Crippen LogP contribution in [-0.4, -0.2) is 81.7 Å². The number of carbonyl (C=O) groups is 1. The molecule has 0 radical (unpaired) electrons. The number of tetrazole rings is 1. The number of carbonyl (C=O) groups excluding carboxylic acids is 1. The lowest BCUT2D eigenvalue weighted by Crippen LogP contribution is -2.52. The number of rotatable bonds is 7. The predicted molar refractivity (Wildman–Crippen MR) is 131 cm³/mol. The molecular formula is C24H28N8O3. The number of aromatic nitrogens is 6. The van der Waals surface area contributed by atoms with E-state index in [0.717, 1.165) is 48.0 Å². The summed E-state index contributed by atoms with van der Waals surface area (Å²) in [6.45, 7) is 5.32. The number of esters is 1. The fourth-order valence-corrected chi connectivity index (χ4v) is 4.48. The summed E-state index contributed by atoms with van der Waals surface area (Å²) in [6, 6.07) is 14.1. The SMILES string of the molecule is COCCOC(=O)c1ccc2c(c1)ncn2-c1cccc(N2CCN(c3nnnn3C)CC2C)c1. The smallest absolute Gasteiger partial charge is 0.338 e. The minimum Gasteiger partial charge on any atom is -0.460 e. The Morgan fingerprint density at radius 3 is 2.74 bits per heavy atom. The Labute approximate surface area is 202 Å². The van der Waals surface area contributed by atoms with Gasteiger partial charge in [0.25, 0.3) is 0 Å². The van der Waals surface area contributed by atoms with Crippen molar-refractivity contribution in [2.75, 3.05) is 49.8 Å². The van der Waals surface area contributed by atoms with Crippen molar-refractivity contribution < 1.29 is 14.3 Å². The van der Waals surface area contributed by atoms with Gasteiger partial charge in [0.15, 0.2) is 0 Å². The molecule has 1 saturated heterocycles. The van der Waals surface area contributed by atoms with Crippen LogP contribution in [0.25, 0.3) is 16.7 Å². The van der Waals surface area contributed by atoms with E-state index in [9.17, 15) is 4.79 Å². The lowest BCUT2D eigenvalue weighted by Gasteiger charge is -2.41. The number of aryl methyl sites for hydroxylation is 1. The molecule has 35 heavy (non-hydrogen) atoms. The largest absolute Gasteiger partial charge is 0.460 e. The molecule has 1 aliphatic heterocycles. The summed E-state index contributed by atoms with van der Waals surface area (Å²) in [5.41, 5.74) is 4.27. The maximum absolute atomic E-state index is 12.3. The van der Waals surface area contributed by atoms with Crippen molar-refractivity contribution in [3.63, 3.8) is 0 Å². The molecule has 0 saturated carbocycles. The molecule has 0 spiro atoms. The van der Waals surface area contributed by atoms with Crippen LogP contribution in [0.15, 0.2) is 48.8 Å². The standard InChI is InChI=1S/C24H28N8O3/c1-17-15-30(24-26-27-28-29(24)2)9-10-31(17)19-5-4-6-20(14-19)32-16-25-21-13-18(7-8-22(21)32)23(33)35-12-11-34-3/h4-8,13-14,16-17H,9-12,15H2,1-3H3. The van der Waals surface area contributed by atoms with Crippen molar-refractivity contribution in [2.45, 2.75) is 13.0 Å². The number of hydrogen-bond acceptors (Lipinski definition) is 9. The van der Waals surface area contributed by atoms with Gasteiger partial charge in [0.2, 0.25) is 5.95 Å². The normalized spacial score (nSPS) is 16.1. The molecule has 1 fully saturated rings. The lowest BCUT2D eigenvalue weighted by atomic mass is 10.1. The van der Waals surface area contributed by atoms with Gasteiger partial charge in [-0.15, -0.1) is 0 Å². The molecule has 0 N–H and O–H groups in total. The second-order valence-electron chi connectivity index (χ2n) is 8.56. The van der Waals surface area contributed by atoms with Crippen molar-refractivity contribution in [3.8, 4) is 5.69 Å². The maximum Gasteiger partial charge on any atom is 0.338 e. The Hall–Kier alpha value is -3.99. The van der Waals surface area contributed by atoms with E-state index >= 15 is 0 Å². The van der Waals surface area contributed by atoms with Gasteiger partial charge >= 0.3 is 5.97 Å². The first-order valence-electron chi connectivity index (χ1n) is 11.5. The van der Waals surface area contributed by atoms with Gasteiger partial charge in [-0.25, -0.2) is 14.5 Å². The number of benzene rings is 2. The van der Waals surface area contributed by atoms with E-state index in [1.165, 1.54) is 0 Å². The highest BCUT2D eigenvalue weighted by Gasteiger charge is 2.26. The topological polar surface area (TPSA) is 103 Å². The fraction of sp³-hybridized carbons (Fsp3) is 0.375. The molecule has 11 heteroatoms. The van der Waals surface area contributed by atoms with E-state index in [2.05, 4.69) is 61.5 Å². The third kappa shape index (κ3) is 4.54. The van der Waals surface area contributed by atoms with E-state index in [-0.39, 0.29) is 18.6 Å². The van der Waals surface area contributed by atoms with Crippen LogP contribution in [-0.2, 0) is 16.5 Å². The predicted octanol–water partition coefficient (Wildman–Crippen LogP) is 2.07. The van der Waals surface area contributed by atoms with Crippen LogP contribution in [0.2, 0.25) is 0 Å². The van der Waals surface area contributed by atoms with Gasteiger partial charge in [-0.05, 0) is 53.7 Å². The van der Waals surface area contributed by atoms with Crippen LogP contribution >= 0.6 is 0 Å². The van der Waals surface area contributed by atoms with E-state index in [1.807, 2.05) is 17.7 Å². The van der Waals surface area contributed by atoms with Gasteiger partial charge in [-0.1, -0.05) is 11.2 Å². The molecule has 5 rings (SSSR count). The zero-order chi connectivity index (χ0) is 24.4. The number of hydrogen-bond donors (Lipinski definition) is 0. The van der Waals surface area contributed by atoms with E-state index in [0.29, 0.717) is 12.2 Å². The average Bonchev–Trinajstić information content (AvgIpc) is 3.50. The molecule has 1 atom stereocenters. The van der Waals surface area contributed by atoms with Crippen LogP contribution in [0.5, 0.6) is 0 Å². The molecule has 0 amide bonds. The third-order valence-electron chi connectivity index (χ3n) is 6.25. The first-order chi connectivity index (χ1) is 17.0. The highest BCUT2D eigenvalue weighted by atomic mass is 16.6. The molecular weight excluding hydrogens is 448 g/mol. The number of fused-ring (bicyclic) bond motifs is 1. The molecule has 0 bridgehead atoms. The number of nitrogens with zero attached hydrogens (tertiary/aromatic N) is 8. The van der Waals surface area contributed by atoms with E-state index in [4.69, 9.17) is 9.47 Å². The fourth-order valence-electron chi connectivity index (χ4n) is 4.48. The molecule has 2 aromatic heterocycles. The first-order valence-corrected chi connectivity index (χ1v) is 11.5. The van der Waals surface area contributed by atoms with Crippen LogP contribution in [0.3, 0.4) is 0 Å². The van der Waals surface area contributed by atoms with Gasteiger partial charge in [0.1, 0.15) is 12.9 Å². The Morgan fingerprint density at radius 2 is 1.97 bits per heavy atom. The Morgan fingerprint density at radius 1 is 1.11 bits per heavy atom. The number of ether oxygens (including phenoxy) is 2. The Kier molecular flexibility index (Phi) is 6.32. The highest BCUT2D eigenvalue weighted by molar-refractivity contribution is 5.94. The molecule has 2 aromatic carbocycles. The Balaban J connectivity index is 1.35. The monoisotopic (exact) mass is 476 g/mol. The third-order valence-corrected chi connectivity index (χ3v) is 6.25. The second kappa shape index (κ2) is 9.71. The van der Waals surface area contributed by atoms with Crippen molar-refractivity contribution >= 4 is 28.6 Å². The van der Waals surface area contributed by atoms with Crippen LogP contribution in [0, 0.1) is 0 Å². The van der Waals surface area contributed by atoms with Gasteiger partial charge in [0, 0.05) is 51.2 Å². The van der Waals surface area contributed by atoms with Crippen molar-refractivity contribution in [3.05, 3.63) is 54.4 Å². The van der Waals surface area contributed by atoms with Crippen LogP contribution in [0.1, 0.15) is 17.3 Å². The average molecular weight is 477 g/mol. The molecule has 1 aliphatic rings. The number of anilines is 2. The summed E-state index contributed by atoms with van der Waals surface area (Å²) in [5.74, 6) is 0.405. The van der Waals surface area contributed by atoms with E-state index < -0.39 is 0 Å². The summed E-state index contributed by atoms with van der Waals surface area (Å²) >= 11 is 0. The summed E-state index contributed by atoms with van der Waals surface area (Å²) in [4.78, 5) is 21.4. The molecule has 1 unspecified atom stereocenters. The minimum atomic E-state index is -0.384.